The Morgan fingerprint density at radius 3 is 1.95 bits per heavy atom. The molecule has 7 heteroatoms. The first-order valence-corrected chi connectivity index (χ1v) is 13.7. The lowest BCUT2D eigenvalue weighted by Gasteiger charge is -2.34. The molecule has 5 nitrogen and oxygen atoms in total. The molecule has 0 aliphatic rings. The van der Waals surface area contributed by atoms with Crippen molar-refractivity contribution in [3.63, 3.8) is 0 Å². The van der Waals surface area contributed by atoms with Crippen LogP contribution in [-0.4, -0.2) is 53.6 Å². The molecule has 0 rings (SSSR count). The third-order valence-electron chi connectivity index (χ3n) is 3.01. The minimum Gasteiger partial charge on any atom is -0.502 e. The number of hydrogen-bond acceptors (Lipinski definition) is 4. The van der Waals surface area contributed by atoms with Crippen LogP contribution in [0.4, 0.5) is 0 Å². The summed E-state index contributed by atoms with van der Waals surface area (Å²) in [7, 11) is -3.21. The Kier molecular flexibility index (Phi) is 13.6. The maximum absolute atomic E-state index is 8.65. The van der Waals surface area contributed by atoms with Gasteiger partial charge in [-0.2, -0.15) is 0 Å². The van der Waals surface area contributed by atoms with Gasteiger partial charge in [0.25, 0.3) is 0 Å². The fourth-order valence-electron chi connectivity index (χ4n) is 2.28. The standard InChI is InChI=1S/C14H32O4Si2.H2O/c1-6-16-10-7-13-19(2,3)18-20(4,5)14-8-11-17-12-9-15;/h6,15H,1,7-14H2,2-5H3;1H2. The molecule has 0 saturated heterocycles. The Morgan fingerprint density at radius 2 is 1.48 bits per heavy atom. The largest absolute Gasteiger partial charge is 0.502 e. The molecule has 0 amide bonds. The van der Waals surface area contributed by atoms with Crippen molar-refractivity contribution in [2.75, 3.05) is 26.4 Å². The molecule has 0 aromatic rings. The zero-order valence-corrected chi connectivity index (χ0v) is 16.1. The second kappa shape index (κ2) is 12.4. The second-order valence-corrected chi connectivity index (χ2v) is 15.1. The fraction of sp³-hybridized carbons (Fsp3) is 0.857. The average molecular weight is 339 g/mol. The maximum Gasteiger partial charge on any atom is 0.173 e. The third-order valence-corrected chi connectivity index (χ3v) is 10.6. The highest BCUT2D eigenvalue weighted by atomic mass is 28.4. The molecule has 21 heavy (non-hydrogen) atoms. The summed E-state index contributed by atoms with van der Waals surface area (Å²) in [5, 5.41) is 8.65. The first-order chi connectivity index (χ1) is 9.33. The van der Waals surface area contributed by atoms with Gasteiger partial charge in [-0.25, -0.2) is 0 Å². The quantitative estimate of drug-likeness (QED) is 0.318. The van der Waals surface area contributed by atoms with Gasteiger partial charge in [-0.3, -0.25) is 0 Å². The van der Waals surface area contributed by atoms with Gasteiger partial charge >= 0.3 is 0 Å². The van der Waals surface area contributed by atoms with Gasteiger partial charge in [-0.1, -0.05) is 6.58 Å². The van der Waals surface area contributed by atoms with Crippen LogP contribution in [0.1, 0.15) is 12.8 Å². The summed E-state index contributed by atoms with van der Waals surface area (Å²) in [5.41, 5.74) is 0. The molecule has 0 radical (unpaired) electrons. The Bertz CT molecular complexity index is 260. The van der Waals surface area contributed by atoms with Crippen molar-refractivity contribution < 1.29 is 24.2 Å². The first kappa shape index (κ1) is 23.1. The maximum atomic E-state index is 8.65. The van der Waals surface area contributed by atoms with E-state index < -0.39 is 16.6 Å². The molecule has 0 saturated carbocycles. The van der Waals surface area contributed by atoms with Crippen LogP contribution in [0.2, 0.25) is 38.3 Å². The van der Waals surface area contributed by atoms with E-state index in [-0.39, 0.29) is 12.1 Å². The van der Waals surface area contributed by atoms with Crippen molar-refractivity contribution in [3.05, 3.63) is 12.8 Å². The van der Waals surface area contributed by atoms with Gasteiger partial charge in [-0.05, 0) is 51.1 Å². The monoisotopic (exact) mass is 338 g/mol. The van der Waals surface area contributed by atoms with Crippen molar-refractivity contribution >= 4 is 16.6 Å². The molecule has 0 aliphatic carbocycles. The van der Waals surface area contributed by atoms with Crippen molar-refractivity contribution in [1.82, 2.24) is 0 Å². The highest BCUT2D eigenvalue weighted by Crippen LogP contribution is 2.23. The van der Waals surface area contributed by atoms with Crippen LogP contribution in [-0.2, 0) is 13.6 Å². The van der Waals surface area contributed by atoms with E-state index in [2.05, 4.69) is 32.8 Å². The van der Waals surface area contributed by atoms with Crippen molar-refractivity contribution in [2.24, 2.45) is 0 Å². The van der Waals surface area contributed by atoms with Crippen LogP contribution in [0.3, 0.4) is 0 Å². The topological polar surface area (TPSA) is 79.4 Å². The van der Waals surface area contributed by atoms with Gasteiger partial charge in [0, 0.05) is 6.61 Å². The minimum atomic E-state index is -1.61. The number of aliphatic hydroxyl groups excluding tert-OH is 1. The number of ether oxygens (including phenoxy) is 2. The van der Waals surface area contributed by atoms with Crippen molar-refractivity contribution in [2.45, 2.75) is 51.1 Å². The molecule has 0 fully saturated rings. The lowest BCUT2D eigenvalue weighted by molar-refractivity contribution is 0.0924. The summed E-state index contributed by atoms with van der Waals surface area (Å²) in [6.45, 7) is 14.7. The summed E-state index contributed by atoms with van der Waals surface area (Å²) in [6.07, 6.45) is 3.55. The Hall–Kier alpha value is -0.186. The van der Waals surface area contributed by atoms with E-state index in [1.54, 1.807) is 0 Å². The Labute approximate surface area is 131 Å². The fourth-order valence-corrected chi connectivity index (χ4v) is 11.1. The number of aliphatic hydroxyl groups is 1. The minimum absolute atomic E-state index is 0. The molecule has 128 valence electrons. The highest BCUT2D eigenvalue weighted by molar-refractivity contribution is 6.84. The Balaban J connectivity index is 0. The van der Waals surface area contributed by atoms with Gasteiger partial charge in [0.15, 0.2) is 16.6 Å². The highest BCUT2D eigenvalue weighted by Gasteiger charge is 2.32. The molecule has 3 N–H and O–H groups in total. The normalized spacial score (nSPS) is 11.9. The van der Waals surface area contributed by atoms with Gasteiger partial charge in [-0.15, -0.1) is 0 Å². The van der Waals surface area contributed by atoms with Gasteiger partial charge in [0.05, 0.1) is 26.1 Å². The Morgan fingerprint density at radius 1 is 0.952 bits per heavy atom. The molecule has 0 atom stereocenters. The molecule has 0 heterocycles. The van der Waals surface area contributed by atoms with E-state index >= 15 is 0 Å². The molecule has 0 aromatic heterocycles. The summed E-state index contributed by atoms with van der Waals surface area (Å²) in [5.74, 6) is 0. The molecular weight excluding hydrogens is 304 g/mol. The van der Waals surface area contributed by atoms with Crippen LogP contribution in [0.5, 0.6) is 0 Å². The second-order valence-electron chi connectivity index (χ2n) is 6.20. The number of hydrogen-bond donors (Lipinski definition) is 1. The molecule has 0 bridgehead atoms. The zero-order valence-electron chi connectivity index (χ0n) is 14.1. The van der Waals surface area contributed by atoms with Crippen LogP contribution < -0.4 is 0 Å². The average Bonchev–Trinajstić information content (AvgIpc) is 2.33. The molecule has 0 spiro atoms. The summed E-state index contributed by atoms with van der Waals surface area (Å²) in [4.78, 5) is 0. The van der Waals surface area contributed by atoms with E-state index in [0.717, 1.165) is 38.1 Å². The van der Waals surface area contributed by atoms with Gasteiger partial charge in [0.1, 0.15) is 0 Å². The summed E-state index contributed by atoms with van der Waals surface area (Å²) in [6, 6.07) is 2.23. The van der Waals surface area contributed by atoms with Crippen LogP contribution in [0.25, 0.3) is 0 Å². The van der Waals surface area contributed by atoms with E-state index in [1.165, 1.54) is 6.26 Å². The molecule has 0 aromatic carbocycles. The van der Waals surface area contributed by atoms with Crippen LogP contribution >= 0.6 is 0 Å². The van der Waals surface area contributed by atoms with Crippen LogP contribution in [0, 0.1) is 0 Å². The van der Waals surface area contributed by atoms with E-state index in [9.17, 15) is 0 Å². The zero-order chi connectivity index (χ0) is 15.5. The van der Waals surface area contributed by atoms with E-state index in [0.29, 0.717) is 6.61 Å². The SMILES string of the molecule is C=COCCC[Si](C)(C)O[Si](C)(C)CCCOCCO.O. The van der Waals surface area contributed by atoms with E-state index in [1.807, 2.05) is 0 Å². The molecule has 0 unspecified atom stereocenters. The van der Waals surface area contributed by atoms with Crippen molar-refractivity contribution in [3.8, 4) is 0 Å². The third kappa shape index (κ3) is 14.5. The van der Waals surface area contributed by atoms with Gasteiger partial charge in [0.2, 0.25) is 0 Å². The first-order valence-electron chi connectivity index (χ1n) is 7.44. The van der Waals surface area contributed by atoms with Crippen molar-refractivity contribution in [1.29, 1.82) is 0 Å². The predicted molar refractivity (Wildman–Crippen MR) is 92.6 cm³/mol. The van der Waals surface area contributed by atoms with Crippen LogP contribution in [0.15, 0.2) is 12.8 Å². The lowest BCUT2D eigenvalue weighted by atomic mass is 10.5. The summed E-state index contributed by atoms with van der Waals surface area (Å²) >= 11 is 0. The van der Waals surface area contributed by atoms with Gasteiger partial charge < -0.3 is 24.2 Å². The van der Waals surface area contributed by atoms with E-state index in [4.69, 9.17) is 18.7 Å². The molecule has 0 aliphatic heterocycles. The summed E-state index contributed by atoms with van der Waals surface area (Å²) < 4.78 is 17.0. The lowest BCUT2D eigenvalue weighted by Crippen LogP contribution is -2.44. The predicted octanol–water partition coefficient (Wildman–Crippen LogP) is 2.54. The molecular formula is C14H34O5Si2. The smallest absolute Gasteiger partial charge is 0.173 e. The number of rotatable bonds is 13.